The van der Waals surface area contributed by atoms with Crippen LogP contribution in [-0.2, 0) is 14.3 Å². The molecule has 0 saturated carbocycles. The van der Waals surface area contributed by atoms with Crippen LogP contribution in [0.4, 0.5) is 0 Å². The number of hydrogen-bond donors (Lipinski definition) is 2. The molecule has 0 aliphatic carbocycles. The molecule has 6 nitrogen and oxygen atoms in total. The molecular formula is C16H21NO5. The summed E-state index contributed by atoms with van der Waals surface area (Å²) in [5.41, 5.74) is -0.425. The zero-order valence-corrected chi connectivity index (χ0v) is 12.8. The number of amides is 1. The first-order valence-corrected chi connectivity index (χ1v) is 7.34. The van der Waals surface area contributed by atoms with Gasteiger partial charge in [0.25, 0.3) is 5.91 Å². The quantitative estimate of drug-likeness (QED) is 0.832. The molecule has 2 N–H and O–H groups in total. The number of carbonyl (C=O) groups is 2. The molecule has 1 aromatic rings. The van der Waals surface area contributed by atoms with Crippen LogP contribution < -0.4 is 10.1 Å². The van der Waals surface area contributed by atoms with Gasteiger partial charge in [0, 0.05) is 13.0 Å². The van der Waals surface area contributed by atoms with Crippen LogP contribution in [0.5, 0.6) is 5.75 Å². The van der Waals surface area contributed by atoms with Gasteiger partial charge in [0.2, 0.25) is 0 Å². The molecule has 2 atom stereocenters. The van der Waals surface area contributed by atoms with E-state index in [1.807, 2.05) is 32.0 Å². The molecule has 6 heteroatoms. The summed E-state index contributed by atoms with van der Waals surface area (Å²) < 4.78 is 10.9. The van der Waals surface area contributed by atoms with E-state index >= 15 is 0 Å². The number of benzene rings is 1. The highest BCUT2D eigenvalue weighted by Crippen LogP contribution is 2.22. The molecule has 1 saturated heterocycles. The van der Waals surface area contributed by atoms with E-state index in [1.165, 1.54) is 0 Å². The third-order valence-electron chi connectivity index (χ3n) is 3.82. The lowest BCUT2D eigenvalue weighted by molar-refractivity contribution is -0.149. The Bertz CT molecular complexity index is 551. The number of carboxylic acids is 1. The van der Waals surface area contributed by atoms with Gasteiger partial charge in [0.15, 0.2) is 11.6 Å². The molecule has 0 spiro atoms. The van der Waals surface area contributed by atoms with Crippen molar-refractivity contribution < 1.29 is 24.2 Å². The maximum atomic E-state index is 12.4. The van der Waals surface area contributed by atoms with Gasteiger partial charge in [-0.05, 0) is 25.0 Å². The second-order valence-electron chi connectivity index (χ2n) is 5.46. The summed E-state index contributed by atoms with van der Waals surface area (Å²) in [6.07, 6.45) is -0.0380. The van der Waals surface area contributed by atoms with Gasteiger partial charge in [0.05, 0.1) is 6.61 Å². The van der Waals surface area contributed by atoms with Gasteiger partial charge < -0.3 is 19.9 Å². The average Bonchev–Trinajstić information content (AvgIpc) is 2.96. The van der Waals surface area contributed by atoms with Crippen LogP contribution >= 0.6 is 0 Å². The van der Waals surface area contributed by atoms with Crippen LogP contribution in [0.2, 0.25) is 0 Å². The first-order chi connectivity index (χ1) is 10.5. The van der Waals surface area contributed by atoms with Crippen molar-refractivity contribution in [1.82, 2.24) is 5.32 Å². The lowest BCUT2D eigenvalue weighted by Gasteiger charge is -2.27. The molecule has 2 rings (SSSR count). The minimum absolute atomic E-state index is 0.0190. The molecular weight excluding hydrogens is 286 g/mol. The van der Waals surface area contributed by atoms with Crippen LogP contribution in [0.25, 0.3) is 0 Å². The zero-order valence-electron chi connectivity index (χ0n) is 12.8. The molecule has 0 bridgehead atoms. The van der Waals surface area contributed by atoms with Gasteiger partial charge >= 0.3 is 5.97 Å². The minimum Gasteiger partial charge on any atom is -0.480 e. The van der Waals surface area contributed by atoms with Gasteiger partial charge in [-0.2, -0.15) is 0 Å². The molecule has 1 aliphatic heterocycles. The van der Waals surface area contributed by atoms with E-state index in [1.54, 1.807) is 6.07 Å². The second-order valence-corrected chi connectivity index (χ2v) is 5.46. The van der Waals surface area contributed by atoms with E-state index in [0.29, 0.717) is 18.8 Å². The molecule has 1 fully saturated rings. The van der Waals surface area contributed by atoms with Crippen LogP contribution in [0, 0.1) is 6.92 Å². The van der Waals surface area contributed by atoms with Crippen molar-refractivity contribution in [3.63, 3.8) is 0 Å². The van der Waals surface area contributed by atoms with E-state index in [2.05, 4.69) is 5.32 Å². The summed E-state index contributed by atoms with van der Waals surface area (Å²) in [5.74, 6) is -0.890. The van der Waals surface area contributed by atoms with Crippen molar-refractivity contribution in [2.75, 3.05) is 13.2 Å². The molecule has 1 aliphatic rings. The Hall–Kier alpha value is -2.08. The minimum atomic E-state index is -1.35. The fraction of sp³-hybridized carbons (Fsp3) is 0.500. The molecule has 1 heterocycles. The molecule has 0 aromatic heterocycles. The number of aliphatic carboxylic acids is 1. The summed E-state index contributed by atoms with van der Waals surface area (Å²) in [6.45, 7) is 4.02. The van der Waals surface area contributed by atoms with Crippen molar-refractivity contribution in [2.24, 2.45) is 0 Å². The Morgan fingerprint density at radius 1 is 1.45 bits per heavy atom. The normalized spacial score (nSPS) is 22.1. The van der Waals surface area contributed by atoms with Crippen molar-refractivity contribution >= 4 is 11.9 Å². The van der Waals surface area contributed by atoms with Crippen LogP contribution in [0.3, 0.4) is 0 Å². The third kappa shape index (κ3) is 3.39. The van der Waals surface area contributed by atoms with Crippen molar-refractivity contribution in [3.8, 4) is 5.75 Å². The summed E-state index contributed by atoms with van der Waals surface area (Å²) in [6, 6.07) is 7.40. The van der Waals surface area contributed by atoms with Crippen molar-refractivity contribution in [2.45, 2.75) is 38.3 Å². The van der Waals surface area contributed by atoms with Gasteiger partial charge in [0.1, 0.15) is 5.75 Å². The Kier molecular flexibility index (Phi) is 5.03. The van der Waals surface area contributed by atoms with Crippen LogP contribution in [0.1, 0.15) is 25.3 Å². The number of aryl methyl sites for hydroxylation is 1. The summed E-state index contributed by atoms with van der Waals surface area (Å²) in [7, 11) is 0. The lowest BCUT2D eigenvalue weighted by atomic mass is 9.98. The Morgan fingerprint density at radius 3 is 2.73 bits per heavy atom. The standard InChI is InChI=1S/C16H21NO5/c1-3-12(22-13-7-5-4-6-11(13)2)14(18)17-16(15(19)20)8-9-21-10-16/h4-7,12H,3,8-10H2,1-2H3,(H,17,18)(H,19,20). The summed E-state index contributed by atoms with van der Waals surface area (Å²) >= 11 is 0. The monoisotopic (exact) mass is 307 g/mol. The zero-order chi connectivity index (χ0) is 16.2. The van der Waals surface area contributed by atoms with Gasteiger partial charge in [-0.3, -0.25) is 4.79 Å². The predicted molar refractivity (Wildman–Crippen MR) is 79.8 cm³/mol. The Balaban J connectivity index is 2.09. The highest BCUT2D eigenvalue weighted by Gasteiger charge is 2.45. The van der Waals surface area contributed by atoms with Crippen LogP contribution in [0.15, 0.2) is 24.3 Å². The average molecular weight is 307 g/mol. The number of rotatable bonds is 6. The molecule has 22 heavy (non-hydrogen) atoms. The maximum absolute atomic E-state index is 12.4. The maximum Gasteiger partial charge on any atom is 0.331 e. The molecule has 1 amide bonds. The largest absolute Gasteiger partial charge is 0.480 e. The fourth-order valence-corrected chi connectivity index (χ4v) is 2.37. The lowest BCUT2D eigenvalue weighted by Crippen LogP contribution is -2.58. The number of carboxylic acid groups (broad SMARTS) is 1. The predicted octanol–water partition coefficient (Wildman–Crippen LogP) is 1.51. The van der Waals surface area contributed by atoms with E-state index in [0.717, 1.165) is 5.56 Å². The smallest absolute Gasteiger partial charge is 0.331 e. The molecule has 0 radical (unpaired) electrons. The Labute approximate surface area is 129 Å². The molecule has 2 unspecified atom stereocenters. The number of nitrogens with one attached hydrogen (secondary N) is 1. The van der Waals surface area contributed by atoms with E-state index in [4.69, 9.17) is 9.47 Å². The third-order valence-corrected chi connectivity index (χ3v) is 3.82. The van der Waals surface area contributed by atoms with Crippen molar-refractivity contribution in [3.05, 3.63) is 29.8 Å². The van der Waals surface area contributed by atoms with Gasteiger partial charge in [-0.25, -0.2) is 4.79 Å². The number of para-hydroxylation sites is 1. The van der Waals surface area contributed by atoms with E-state index < -0.39 is 23.5 Å². The highest BCUT2D eigenvalue weighted by atomic mass is 16.5. The summed E-state index contributed by atoms with van der Waals surface area (Å²) in [4.78, 5) is 23.8. The highest BCUT2D eigenvalue weighted by molar-refractivity contribution is 5.89. The first-order valence-electron chi connectivity index (χ1n) is 7.34. The SMILES string of the molecule is CCC(Oc1ccccc1C)C(=O)NC1(C(=O)O)CCOC1. The topological polar surface area (TPSA) is 84.9 Å². The number of carbonyl (C=O) groups excluding carboxylic acids is 1. The number of hydrogen-bond acceptors (Lipinski definition) is 4. The van der Waals surface area contributed by atoms with Gasteiger partial charge in [-0.15, -0.1) is 0 Å². The molecule has 1 aromatic carbocycles. The fourth-order valence-electron chi connectivity index (χ4n) is 2.37. The van der Waals surface area contributed by atoms with Crippen molar-refractivity contribution in [1.29, 1.82) is 0 Å². The van der Waals surface area contributed by atoms with Crippen LogP contribution in [-0.4, -0.2) is 41.8 Å². The van der Waals surface area contributed by atoms with Gasteiger partial charge in [-0.1, -0.05) is 25.1 Å². The van der Waals surface area contributed by atoms with E-state index in [-0.39, 0.29) is 13.0 Å². The summed E-state index contributed by atoms with van der Waals surface area (Å²) in [5, 5.41) is 12.0. The second kappa shape index (κ2) is 6.79. The van der Waals surface area contributed by atoms with E-state index in [9.17, 15) is 14.7 Å². The first kappa shape index (κ1) is 16.3. The molecule has 120 valence electrons. The number of ether oxygens (including phenoxy) is 2. The Morgan fingerprint density at radius 2 is 2.18 bits per heavy atom.